The molecule has 3 heteroatoms. The van der Waals surface area contributed by atoms with Crippen LogP contribution in [0.1, 0.15) is 72.1 Å². The summed E-state index contributed by atoms with van der Waals surface area (Å²) in [5.74, 6) is 3.18. The maximum atomic E-state index is 11.4. The Morgan fingerprint density at radius 1 is 1.00 bits per heavy atom. The number of hydrogen-bond donors (Lipinski definition) is 0. The molecule has 3 saturated carbocycles. The van der Waals surface area contributed by atoms with Gasteiger partial charge in [-0.25, -0.2) is 0 Å². The second-order valence-corrected chi connectivity index (χ2v) is 10.8. The van der Waals surface area contributed by atoms with E-state index in [1.165, 1.54) is 39.0 Å². The molecule has 3 fully saturated rings. The zero-order valence-electron chi connectivity index (χ0n) is 18.7. The summed E-state index contributed by atoms with van der Waals surface area (Å²) < 4.78 is 12.1. The van der Waals surface area contributed by atoms with Crippen molar-refractivity contribution < 1.29 is 14.3 Å². The molecule has 4 aliphatic carbocycles. The first-order chi connectivity index (χ1) is 14.4. The minimum atomic E-state index is -0.137. The predicted molar refractivity (Wildman–Crippen MR) is 118 cm³/mol. The molecule has 5 rings (SSSR count). The molecule has 30 heavy (non-hydrogen) atoms. The van der Waals surface area contributed by atoms with Gasteiger partial charge in [0.2, 0.25) is 0 Å². The lowest BCUT2D eigenvalue weighted by atomic mass is 9.48. The third kappa shape index (κ3) is 3.20. The molecule has 0 bridgehead atoms. The van der Waals surface area contributed by atoms with Gasteiger partial charge in [0.05, 0.1) is 0 Å². The van der Waals surface area contributed by atoms with E-state index in [4.69, 9.17) is 9.47 Å². The Labute approximate surface area is 181 Å². The Hall–Kier alpha value is -1.77. The van der Waals surface area contributed by atoms with Gasteiger partial charge in [0.15, 0.2) is 0 Å². The second kappa shape index (κ2) is 7.43. The number of rotatable bonds is 3. The van der Waals surface area contributed by atoms with Crippen molar-refractivity contribution in [3.8, 4) is 5.75 Å². The standard InChI is InChI=1S/C27H36O3/c1-18(28)29-21-13-15-26(2)19(17-21)9-10-22-23-11-12-25(27(23,3)16-14-24(22)26)30-20-7-5-4-6-8-20/h4-9,21-25H,10-17H2,1-3H3/t21-,22+,23+,24+,25-,26+,27+/m1/s1. The minimum Gasteiger partial charge on any atom is -0.490 e. The SMILES string of the molecule is CC(=O)O[C@@H]1CC[C@@]2(C)C(=CC[C@H]3[C@@H]4CC[C@@H](Oc5ccccc5)[C@@]4(C)CC[C@@H]32)C1. The van der Waals surface area contributed by atoms with Gasteiger partial charge in [-0.1, -0.05) is 43.7 Å². The summed E-state index contributed by atoms with van der Waals surface area (Å²) in [4.78, 5) is 11.4. The molecular formula is C27H36O3. The fourth-order valence-electron chi connectivity index (χ4n) is 7.77. The molecule has 0 unspecified atom stereocenters. The molecule has 0 aromatic heterocycles. The lowest BCUT2D eigenvalue weighted by Gasteiger charge is -2.57. The van der Waals surface area contributed by atoms with Crippen LogP contribution >= 0.6 is 0 Å². The van der Waals surface area contributed by atoms with Crippen LogP contribution in [0.5, 0.6) is 5.75 Å². The van der Waals surface area contributed by atoms with E-state index in [1.54, 1.807) is 5.57 Å². The van der Waals surface area contributed by atoms with Crippen molar-refractivity contribution in [1.82, 2.24) is 0 Å². The van der Waals surface area contributed by atoms with E-state index < -0.39 is 0 Å². The van der Waals surface area contributed by atoms with Crippen LogP contribution in [-0.4, -0.2) is 18.2 Å². The molecule has 1 aromatic rings. The summed E-state index contributed by atoms with van der Waals surface area (Å²) in [7, 11) is 0. The van der Waals surface area contributed by atoms with Crippen molar-refractivity contribution in [3.05, 3.63) is 42.0 Å². The molecule has 0 heterocycles. The fraction of sp³-hybridized carbons (Fsp3) is 0.667. The number of carbonyl (C=O) groups excluding carboxylic acids is 1. The third-order valence-corrected chi connectivity index (χ3v) is 9.33. The normalized spacial score (nSPS) is 42.4. The molecule has 0 N–H and O–H groups in total. The number of carbonyl (C=O) groups is 1. The lowest BCUT2D eigenvalue weighted by molar-refractivity contribution is -0.148. The van der Waals surface area contributed by atoms with Gasteiger partial charge < -0.3 is 9.47 Å². The number of benzene rings is 1. The number of hydrogen-bond acceptors (Lipinski definition) is 3. The smallest absolute Gasteiger partial charge is 0.302 e. The first-order valence-electron chi connectivity index (χ1n) is 12.0. The molecule has 7 atom stereocenters. The average Bonchev–Trinajstić information content (AvgIpc) is 3.05. The predicted octanol–water partition coefficient (Wildman–Crippen LogP) is 6.33. The Morgan fingerprint density at radius 3 is 2.57 bits per heavy atom. The Balaban J connectivity index is 1.35. The van der Waals surface area contributed by atoms with Crippen molar-refractivity contribution in [2.75, 3.05) is 0 Å². The fourth-order valence-corrected chi connectivity index (χ4v) is 7.77. The number of allylic oxidation sites excluding steroid dienone is 1. The van der Waals surface area contributed by atoms with E-state index in [0.29, 0.717) is 11.5 Å². The summed E-state index contributed by atoms with van der Waals surface area (Å²) >= 11 is 0. The molecule has 4 aliphatic rings. The maximum Gasteiger partial charge on any atom is 0.302 e. The molecule has 0 radical (unpaired) electrons. The highest BCUT2D eigenvalue weighted by Crippen LogP contribution is 2.65. The van der Waals surface area contributed by atoms with Gasteiger partial charge in [0, 0.05) is 18.8 Å². The van der Waals surface area contributed by atoms with Crippen molar-refractivity contribution >= 4 is 5.97 Å². The van der Waals surface area contributed by atoms with E-state index in [0.717, 1.165) is 42.8 Å². The molecule has 1 aromatic carbocycles. The highest BCUT2D eigenvalue weighted by atomic mass is 16.5. The summed E-state index contributed by atoms with van der Waals surface area (Å²) in [6, 6.07) is 10.4. The Bertz CT molecular complexity index is 830. The maximum absolute atomic E-state index is 11.4. The van der Waals surface area contributed by atoms with Crippen molar-refractivity contribution in [3.63, 3.8) is 0 Å². The van der Waals surface area contributed by atoms with Gasteiger partial charge in [0.25, 0.3) is 0 Å². The molecule has 0 amide bonds. The highest BCUT2D eigenvalue weighted by molar-refractivity contribution is 5.66. The summed E-state index contributed by atoms with van der Waals surface area (Å²) in [6.45, 7) is 6.55. The van der Waals surface area contributed by atoms with E-state index in [2.05, 4.69) is 50.3 Å². The summed E-state index contributed by atoms with van der Waals surface area (Å²) in [6.07, 6.45) is 12.3. The van der Waals surface area contributed by atoms with Crippen molar-refractivity contribution in [1.29, 1.82) is 0 Å². The third-order valence-electron chi connectivity index (χ3n) is 9.33. The average molecular weight is 409 g/mol. The van der Waals surface area contributed by atoms with Crippen LogP contribution in [0.3, 0.4) is 0 Å². The van der Waals surface area contributed by atoms with Gasteiger partial charge in [0.1, 0.15) is 18.0 Å². The molecule has 0 aliphatic heterocycles. The number of para-hydroxylation sites is 1. The van der Waals surface area contributed by atoms with E-state index >= 15 is 0 Å². The molecule has 162 valence electrons. The van der Waals surface area contributed by atoms with Gasteiger partial charge in [-0.05, 0) is 80.2 Å². The number of fused-ring (bicyclic) bond motifs is 5. The van der Waals surface area contributed by atoms with Crippen molar-refractivity contribution in [2.24, 2.45) is 28.6 Å². The van der Waals surface area contributed by atoms with Gasteiger partial charge in [-0.15, -0.1) is 0 Å². The number of esters is 1. The largest absolute Gasteiger partial charge is 0.490 e. The molecule has 0 saturated heterocycles. The Morgan fingerprint density at radius 2 is 1.80 bits per heavy atom. The van der Waals surface area contributed by atoms with Gasteiger partial charge in [-0.3, -0.25) is 4.79 Å². The zero-order valence-corrected chi connectivity index (χ0v) is 18.7. The van der Waals surface area contributed by atoms with E-state index in [1.807, 2.05) is 0 Å². The highest BCUT2D eigenvalue weighted by Gasteiger charge is 2.59. The first-order valence-corrected chi connectivity index (χ1v) is 12.0. The quantitative estimate of drug-likeness (QED) is 0.433. The molecule has 0 spiro atoms. The van der Waals surface area contributed by atoms with E-state index in [-0.39, 0.29) is 17.5 Å². The van der Waals surface area contributed by atoms with Crippen LogP contribution in [0, 0.1) is 28.6 Å². The van der Waals surface area contributed by atoms with E-state index in [9.17, 15) is 4.79 Å². The topological polar surface area (TPSA) is 35.5 Å². The lowest BCUT2D eigenvalue weighted by Crippen LogP contribution is -2.52. The van der Waals surface area contributed by atoms with Crippen LogP contribution < -0.4 is 4.74 Å². The number of ether oxygens (including phenoxy) is 2. The second-order valence-electron chi connectivity index (χ2n) is 10.8. The van der Waals surface area contributed by atoms with Crippen LogP contribution in [0.2, 0.25) is 0 Å². The van der Waals surface area contributed by atoms with Gasteiger partial charge >= 0.3 is 5.97 Å². The first kappa shape index (κ1) is 20.2. The van der Waals surface area contributed by atoms with Crippen LogP contribution in [-0.2, 0) is 9.53 Å². The molecule has 3 nitrogen and oxygen atoms in total. The summed E-state index contributed by atoms with van der Waals surface area (Å²) in [5.41, 5.74) is 2.15. The van der Waals surface area contributed by atoms with Crippen molar-refractivity contribution in [2.45, 2.75) is 84.3 Å². The van der Waals surface area contributed by atoms with Crippen LogP contribution in [0.4, 0.5) is 0 Å². The Kier molecular flexibility index (Phi) is 4.99. The zero-order chi connectivity index (χ0) is 20.9. The monoisotopic (exact) mass is 408 g/mol. The molecular weight excluding hydrogens is 372 g/mol. The summed E-state index contributed by atoms with van der Waals surface area (Å²) in [5, 5.41) is 0. The van der Waals surface area contributed by atoms with Gasteiger partial charge in [-0.2, -0.15) is 0 Å². The van der Waals surface area contributed by atoms with Crippen LogP contribution in [0.15, 0.2) is 42.0 Å². The minimum absolute atomic E-state index is 0.0855. The van der Waals surface area contributed by atoms with Crippen LogP contribution in [0.25, 0.3) is 0 Å².